The molecule has 0 aromatic carbocycles. The van der Waals surface area contributed by atoms with Crippen LogP contribution in [0.2, 0.25) is 0 Å². The molecule has 24 valence electrons. The van der Waals surface area contributed by atoms with Crippen LogP contribution < -0.4 is 0 Å². The van der Waals surface area contributed by atoms with Gasteiger partial charge in [-0.25, -0.2) is 0 Å². The van der Waals surface area contributed by atoms with Gasteiger partial charge in [0, 0.05) is 0 Å². The van der Waals surface area contributed by atoms with E-state index in [2.05, 4.69) is 9.82 Å². The summed E-state index contributed by atoms with van der Waals surface area (Å²) in [5.41, 5.74) is 0. The number of hydrogen-bond donors (Lipinski definition) is 0. The van der Waals surface area contributed by atoms with Crippen molar-refractivity contribution in [1.82, 2.24) is 0 Å². The minimum atomic E-state index is 0.979. The molecule has 0 saturated heterocycles. The fraction of sp³-hybridized carbons (Fsp3) is 0. The SMILES string of the molecule is [GeH3]/[CH]=[CH]/[GeH3]. The van der Waals surface area contributed by atoms with Crippen molar-refractivity contribution in [2.45, 2.75) is 0 Å². The molecule has 0 aliphatic rings. The zero-order chi connectivity index (χ0) is 3.41. The molecule has 0 aromatic rings. The molecule has 0 rings (SSSR count). The molecule has 0 radical (unpaired) electrons. The van der Waals surface area contributed by atoms with E-state index in [1.54, 1.807) is 0 Å². The summed E-state index contributed by atoms with van der Waals surface area (Å²) in [6.07, 6.45) is 0. The maximum absolute atomic E-state index is 2.27. The zero-order valence-electron chi connectivity index (χ0n) is 3.15. The number of hydrogen-bond acceptors (Lipinski definition) is 0. The number of rotatable bonds is 0. The second-order valence-corrected chi connectivity index (χ2v) is 3.46. The van der Waals surface area contributed by atoms with Crippen LogP contribution in [0, 0.1) is 0 Å². The molecule has 0 atom stereocenters. The molecular formula is C2H8Ge2. The minimum absolute atomic E-state index is 0.979. The van der Waals surface area contributed by atoms with Gasteiger partial charge in [-0.3, -0.25) is 0 Å². The molecule has 0 heterocycles. The molecule has 0 fully saturated rings. The van der Waals surface area contributed by atoms with Crippen molar-refractivity contribution in [2.24, 2.45) is 0 Å². The normalized spacial score (nSPS) is 11.0. The van der Waals surface area contributed by atoms with Crippen LogP contribution in [0.15, 0.2) is 9.82 Å². The second-order valence-electron chi connectivity index (χ2n) is 0.667. The van der Waals surface area contributed by atoms with Gasteiger partial charge in [0.05, 0.1) is 0 Å². The average Bonchev–Trinajstić information content (AvgIpc) is 1.37. The molecule has 0 spiro atoms. The van der Waals surface area contributed by atoms with Gasteiger partial charge < -0.3 is 0 Å². The van der Waals surface area contributed by atoms with E-state index in [1.165, 1.54) is 0 Å². The van der Waals surface area contributed by atoms with E-state index in [-0.39, 0.29) is 0 Å². The van der Waals surface area contributed by atoms with Crippen LogP contribution in [0.3, 0.4) is 0 Å². The van der Waals surface area contributed by atoms with Crippen LogP contribution in [-0.2, 0) is 0 Å². The molecule has 0 aliphatic heterocycles. The summed E-state index contributed by atoms with van der Waals surface area (Å²) in [7, 11) is 0. The summed E-state index contributed by atoms with van der Waals surface area (Å²) < 4.78 is 0. The maximum atomic E-state index is 2.27. The van der Waals surface area contributed by atoms with Crippen molar-refractivity contribution in [2.75, 3.05) is 0 Å². The first-order chi connectivity index (χ1) is 1.91. The van der Waals surface area contributed by atoms with Crippen molar-refractivity contribution in [3.63, 3.8) is 0 Å². The summed E-state index contributed by atoms with van der Waals surface area (Å²) in [5.74, 6) is 0. The van der Waals surface area contributed by atoms with Gasteiger partial charge in [-0.05, 0) is 0 Å². The van der Waals surface area contributed by atoms with E-state index in [9.17, 15) is 0 Å². The van der Waals surface area contributed by atoms with Gasteiger partial charge >= 0.3 is 42.8 Å². The first-order valence-corrected chi connectivity index (χ1v) is 6.33. The summed E-state index contributed by atoms with van der Waals surface area (Å²) >= 11 is 1.96. The molecule has 0 saturated carbocycles. The Morgan fingerprint density at radius 3 is 1.25 bits per heavy atom. The Kier molecular flexibility index (Phi) is 4.62. The van der Waals surface area contributed by atoms with Crippen LogP contribution >= 0.6 is 0 Å². The molecule has 4 heavy (non-hydrogen) atoms. The molecule has 0 bridgehead atoms. The van der Waals surface area contributed by atoms with Gasteiger partial charge in [0.15, 0.2) is 0 Å². The van der Waals surface area contributed by atoms with Crippen LogP contribution in [0.25, 0.3) is 0 Å². The van der Waals surface area contributed by atoms with E-state index in [4.69, 9.17) is 0 Å². The molecule has 0 nitrogen and oxygen atoms in total. The summed E-state index contributed by atoms with van der Waals surface area (Å²) in [6, 6.07) is 0. The third kappa shape index (κ3) is 2.83. The molecule has 0 amide bonds. The van der Waals surface area contributed by atoms with Gasteiger partial charge in [0.2, 0.25) is 0 Å². The van der Waals surface area contributed by atoms with Crippen LogP contribution in [-0.4, -0.2) is 33.0 Å². The summed E-state index contributed by atoms with van der Waals surface area (Å²) in [5, 5.41) is 0. The van der Waals surface area contributed by atoms with E-state index < -0.39 is 0 Å². The van der Waals surface area contributed by atoms with Crippen LogP contribution in [0.1, 0.15) is 0 Å². The molecule has 0 unspecified atom stereocenters. The Morgan fingerprint density at radius 1 is 1.00 bits per heavy atom. The fourth-order valence-corrected chi connectivity index (χ4v) is 0. The van der Waals surface area contributed by atoms with Gasteiger partial charge in [0.25, 0.3) is 0 Å². The molecular weight excluding hydrogens is 169 g/mol. The van der Waals surface area contributed by atoms with Crippen LogP contribution in [0.5, 0.6) is 0 Å². The van der Waals surface area contributed by atoms with Crippen molar-refractivity contribution in [3.05, 3.63) is 9.82 Å². The molecule has 0 aliphatic carbocycles. The standard InChI is InChI=1S/C2H8Ge2/c3-1-2-4/h1-2H,3-4H3/b2-1+. The van der Waals surface area contributed by atoms with Gasteiger partial charge in [-0.1, -0.05) is 0 Å². The van der Waals surface area contributed by atoms with Crippen molar-refractivity contribution in [3.8, 4) is 0 Å². The average molecular weight is 177 g/mol. The fourth-order valence-electron chi connectivity index (χ4n) is 0. The third-order valence-corrected chi connectivity index (χ3v) is 9.00. The Bertz CT molecular complexity index is 19.2. The Hall–Kier alpha value is 0.826. The molecule has 0 N–H and O–H groups in total. The van der Waals surface area contributed by atoms with E-state index in [1.807, 2.05) is 0 Å². The van der Waals surface area contributed by atoms with Crippen LogP contribution in [0.4, 0.5) is 0 Å². The zero-order valence-corrected chi connectivity index (χ0v) is 11.5. The van der Waals surface area contributed by atoms with E-state index in [0.29, 0.717) is 0 Å². The summed E-state index contributed by atoms with van der Waals surface area (Å²) in [4.78, 5) is 4.54. The van der Waals surface area contributed by atoms with Gasteiger partial charge in [0.1, 0.15) is 0 Å². The van der Waals surface area contributed by atoms with Gasteiger partial charge in [-0.2, -0.15) is 0 Å². The van der Waals surface area contributed by atoms with Crippen molar-refractivity contribution < 1.29 is 0 Å². The van der Waals surface area contributed by atoms with Crippen molar-refractivity contribution >= 4 is 33.0 Å². The quantitative estimate of drug-likeness (QED) is 0.383. The first-order valence-electron chi connectivity index (χ1n) is 1.49. The van der Waals surface area contributed by atoms with Gasteiger partial charge in [-0.15, -0.1) is 0 Å². The molecule has 0 aromatic heterocycles. The van der Waals surface area contributed by atoms with Crippen molar-refractivity contribution in [1.29, 1.82) is 0 Å². The summed E-state index contributed by atoms with van der Waals surface area (Å²) in [6.45, 7) is 0. The first kappa shape index (κ1) is 4.83. The monoisotopic (exact) mass is 180 g/mol. The third-order valence-electron chi connectivity index (χ3n) is 0.333. The van der Waals surface area contributed by atoms with E-state index in [0.717, 1.165) is 33.0 Å². The Morgan fingerprint density at radius 2 is 1.25 bits per heavy atom. The topological polar surface area (TPSA) is 0 Å². The Balaban J connectivity index is 2.55. The Labute approximate surface area is 43.1 Å². The second kappa shape index (κ2) is 3.83. The predicted octanol–water partition coefficient (Wildman–Crippen LogP) is -1.81. The van der Waals surface area contributed by atoms with E-state index >= 15 is 0 Å². The predicted molar refractivity (Wildman–Crippen MR) is 29.0 cm³/mol. The molecule has 2 heteroatoms.